The average Bonchev–Trinajstić information content (AvgIpc) is 3.47. The second kappa shape index (κ2) is 8.46. The summed E-state index contributed by atoms with van der Waals surface area (Å²) in [4.78, 5) is 8.81. The Labute approximate surface area is 184 Å². The molecule has 0 unspecified atom stereocenters. The van der Waals surface area contributed by atoms with E-state index in [0.29, 0.717) is 11.6 Å². The Hall–Kier alpha value is -4.27. The third kappa shape index (κ3) is 3.76. The lowest BCUT2D eigenvalue weighted by atomic mass is 10.1. The van der Waals surface area contributed by atoms with E-state index in [1.54, 1.807) is 13.4 Å². The topological polar surface area (TPSA) is 106 Å². The van der Waals surface area contributed by atoms with Crippen molar-refractivity contribution in [3.8, 4) is 28.4 Å². The molecule has 0 radical (unpaired) electrons. The maximum atomic E-state index is 5.54. The number of hydrogen-bond donors (Lipinski definition) is 2. The highest BCUT2D eigenvalue weighted by molar-refractivity contribution is 5.81. The summed E-state index contributed by atoms with van der Waals surface area (Å²) in [5.74, 6) is 1.97. The van der Waals surface area contributed by atoms with Gasteiger partial charge in [-0.1, -0.05) is 24.3 Å². The van der Waals surface area contributed by atoms with E-state index in [1.807, 2.05) is 24.3 Å². The number of para-hydroxylation sites is 1. The van der Waals surface area contributed by atoms with Crippen LogP contribution in [-0.4, -0.2) is 48.8 Å². The van der Waals surface area contributed by atoms with Gasteiger partial charge in [0.05, 0.1) is 18.4 Å². The van der Waals surface area contributed by atoms with E-state index < -0.39 is 0 Å². The normalized spacial score (nSPS) is 11.1. The van der Waals surface area contributed by atoms with Gasteiger partial charge in [-0.05, 0) is 47.0 Å². The summed E-state index contributed by atoms with van der Waals surface area (Å²) >= 11 is 0. The molecule has 0 spiro atoms. The maximum absolute atomic E-state index is 5.54. The highest BCUT2D eigenvalue weighted by Crippen LogP contribution is 2.31. The van der Waals surface area contributed by atoms with Crippen LogP contribution in [0.2, 0.25) is 0 Å². The van der Waals surface area contributed by atoms with Crippen LogP contribution in [-0.2, 0) is 6.54 Å². The molecule has 9 nitrogen and oxygen atoms in total. The molecule has 5 rings (SSSR count). The molecule has 0 saturated heterocycles. The summed E-state index contributed by atoms with van der Waals surface area (Å²) in [6.45, 7) is 3.72. The number of nitrogens with zero attached hydrogens (tertiary/aromatic N) is 6. The van der Waals surface area contributed by atoms with Crippen molar-refractivity contribution in [2.75, 3.05) is 19.0 Å². The Bertz CT molecular complexity index is 1360. The molecule has 0 amide bonds. The zero-order valence-electron chi connectivity index (χ0n) is 17.8. The fourth-order valence-electron chi connectivity index (χ4n) is 3.87. The zero-order valence-corrected chi connectivity index (χ0v) is 17.8. The SMILES string of the molecule is COc1cc(-c2cc(NCCn3c(C)cc4ccccc43)ncn2)ccc1-c1nnn[nH]1. The summed E-state index contributed by atoms with van der Waals surface area (Å²) in [6, 6.07) is 18.4. The van der Waals surface area contributed by atoms with Crippen LogP contribution in [0.5, 0.6) is 5.75 Å². The molecule has 9 heteroatoms. The minimum Gasteiger partial charge on any atom is -0.496 e. The first-order chi connectivity index (χ1) is 15.7. The van der Waals surface area contributed by atoms with Crippen molar-refractivity contribution in [2.24, 2.45) is 0 Å². The minimum absolute atomic E-state index is 0.547. The molecule has 0 saturated carbocycles. The van der Waals surface area contributed by atoms with Crippen LogP contribution < -0.4 is 10.1 Å². The minimum atomic E-state index is 0.547. The van der Waals surface area contributed by atoms with Gasteiger partial charge in [0, 0.05) is 35.9 Å². The average molecular weight is 426 g/mol. The molecule has 32 heavy (non-hydrogen) atoms. The third-order valence-electron chi connectivity index (χ3n) is 5.42. The van der Waals surface area contributed by atoms with Crippen molar-refractivity contribution in [2.45, 2.75) is 13.5 Å². The van der Waals surface area contributed by atoms with Gasteiger partial charge < -0.3 is 14.6 Å². The van der Waals surface area contributed by atoms with Gasteiger partial charge in [-0.3, -0.25) is 0 Å². The predicted octanol–water partition coefficient (Wildman–Crippen LogP) is 3.71. The van der Waals surface area contributed by atoms with Crippen LogP contribution >= 0.6 is 0 Å². The van der Waals surface area contributed by atoms with Gasteiger partial charge in [0.15, 0.2) is 5.82 Å². The second-order valence-electron chi connectivity index (χ2n) is 7.38. The second-order valence-corrected chi connectivity index (χ2v) is 7.38. The lowest BCUT2D eigenvalue weighted by Gasteiger charge is -2.11. The molecule has 160 valence electrons. The van der Waals surface area contributed by atoms with Crippen LogP contribution in [0.4, 0.5) is 5.82 Å². The van der Waals surface area contributed by atoms with Crippen molar-refractivity contribution < 1.29 is 4.74 Å². The number of H-pyrrole nitrogens is 1. The van der Waals surface area contributed by atoms with Crippen molar-refractivity contribution in [1.82, 2.24) is 35.2 Å². The standard InChI is InChI=1S/C23H22N8O/c1-15-11-17-5-3-4-6-20(17)31(15)10-9-24-22-13-19(25-14-26-22)16-7-8-18(21(12-16)32-2)23-27-29-30-28-23/h3-8,11-14H,9-10H2,1-2H3,(H,24,25,26)(H,27,28,29,30). The number of nitrogens with one attached hydrogen (secondary N) is 2. The molecule has 2 aromatic carbocycles. The molecule has 2 N–H and O–H groups in total. The summed E-state index contributed by atoms with van der Waals surface area (Å²) in [5.41, 5.74) is 4.97. The van der Waals surface area contributed by atoms with E-state index in [2.05, 4.69) is 77.7 Å². The quantitative estimate of drug-likeness (QED) is 0.409. The molecule has 0 aliphatic rings. The molecule has 3 heterocycles. The molecular weight excluding hydrogens is 404 g/mol. The lowest BCUT2D eigenvalue weighted by molar-refractivity contribution is 0.416. The monoisotopic (exact) mass is 426 g/mol. The Balaban J connectivity index is 1.33. The molecule has 5 aromatic rings. The number of anilines is 1. The van der Waals surface area contributed by atoms with Crippen LogP contribution in [0.1, 0.15) is 5.69 Å². The van der Waals surface area contributed by atoms with Gasteiger partial charge in [0.25, 0.3) is 0 Å². The number of methoxy groups -OCH3 is 1. The van der Waals surface area contributed by atoms with Gasteiger partial charge >= 0.3 is 0 Å². The molecule has 0 aliphatic carbocycles. The summed E-state index contributed by atoms with van der Waals surface area (Å²) in [5, 5.41) is 18.6. The van der Waals surface area contributed by atoms with Crippen LogP contribution in [0, 0.1) is 6.92 Å². The van der Waals surface area contributed by atoms with Gasteiger partial charge in [0.1, 0.15) is 17.9 Å². The number of aryl methyl sites for hydroxylation is 1. The Morgan fingerprint density at radius 2 is 1.97 bits per heavy atom. The number of aromatic nitrogens is 7. The van der Waals surface area contributed by atoms with E-state index in [1.165, 1.54) is 16.6 Å². The molecule has 0 aliphatic heterocycles. The Morgan fingerprint density at radius 1 is 1.06 bits per heavy atom. The smallest absolute Gasteiger partial charge is 0.183 e. The van der Waals surface area contributed by atoms with Crippen molar-refractivity contribution >= 4 is 16.7 Å². The molecule has 0 bridgehead atoms. The number of hydrogen-bond acceptors (Lipinski definition) is 7. The first kappa shape index (κ1) is 19.7. The summed E-state index contributed by atoms with van der Waals surface area (Å²) < 4.78 is 7.85. The van der Waals surface area contributed by atoms with E-state index in [9.17, 15) is 0 Å². The fourth-order valence-corrected chi connectivity index (χ4v) is 3.87. The Kier molecular flexibility index (Phi) is 5.20. The van der Waals surface area contributed by atoms with Crippen LogP contribution in [0.15, 0.2) is 60.9 Å². The van der Waals surface area contributed by atoms with Crippen molar-refractivity contribution in [1.29, 1.82) is 0 Å². The lowest BCUT2D eigenvalue weighted by Crippen LogP contribution is -2.12. The molecule has 0 atom stereocenters. The Morgan fingerprint density at radius 3 is 2.81 bits per heavy atom. The van der Waals surface area contributed by atoms with Crippen LogP contribution in [0.3, 0.4) is 0 Å². The summed E-state index contributed by atoms with van der Waals surface area (Å²) in [6.07, 6.45) is 1.56. The first-order valence-corrected chi connectivity index (χ1v) is 10.3. The number of tetrazole rings is 1. The number of ether oxygens (including phenoxy) is 1. The van der Waals surface area contributed by atoms with Gasteiger partial charge in [-0.15, -0.1) is 5.10 Å². The number of rotatable bonds is 7. The number of benzene rings is 2. The molecule has 3 aromatic heterocycles. The number of fused-ring (bicyclic) bond motifs is 1. The van der Waals surface area contributed by atoms with Crippen molar-refractivity contribution in [3.05, 3.63) is 66.6 Å². The van der Waals surface area contributed by atoms with E-state index in [-0.39, 0.29) is 0 Å². The summed E-state index contributed by atoms with van der Waals surface area (Å²) in [7, 11) is 1.62. The van der Waals surface area contributed by atoms with Crippen LogP contribution in [0.25, 0.3) is 33.5 Å². The predicted molar refractivity (Wildman–Crippen MR) is 122 cm³/mol. The van der Waals surface area contributed by atoms with Crippen molar-refractivity contribution in [3.63, 3.8) is 0 Å². The maximum Gasteiger partial charge on any atom is 0.183 e. The third-order valence-corrected chi connectivity index (χ3v) is 5.42. The largest absolute Gasteiger partial charge is 0.496 e. The van der Waals surface area contributed by atoms with E-state index in [0.717, 1.165) is 35.7 Å². The molecular formula is C23H22N8O. The highest BCUT2D eigenvalue weighted by atomic mass is 16.5. The van der Waals surface area contributed by atoms with E-state index in [4.69, 9.17) is 4.74 Å². The van der Waals surface area contributed by atoms with Gasteiger partial charge in [-0.25, -0.2) is 15.1 Å². The van der Waals surface area contributed by atoms with Gasteiger partial charge in [0.2, 0.25) is 0 Å². The van der Waals surface area contributed by atoms with Gasteiger partial charge in [-0.2, -0.15) is 0 Å². The molecule has 0 fully saturated rings. The zero-order chi connectivity index (χ0) is 21.9. The number of aromatic amines is 1. The first-order valence-electron chi connectivity index (χ1n) is 10.3. The highest BCUT2D eigenvalue weighted by Gasteiger charge is 2.12. The van der Waals surface area contributed by atoms with E-state index >= 15 is 0 Å². The fraction of sp³-hybridized carbons (Fsp3) is 0.174.